The van der Waals surface area contributed by atoms with Gasteiger partial charge in [0.25, 0.3) is 11.7 Å². The molecule has 2 aromatic rings. The molecule has 1 saturated heterocycles. The smallest absolute Gasteiger partial charge is 0.272 e. The molecule has 136 valence electrons. The third kappa shape index (κ3) is 2.35. The molecule has 4 rings (SSSR count). The molecule has 3 N–H and O–H groups in total. The number of anilines is 3. The predicted octanol–water partition coefficient (Wildman–Crippen LogP) is 3.29. The first-order chi connectivity index (χ1) is 12.9. The number of pyridine rings is 1. The van der Waals surface area contributed by atoms with E-state index in [4.69, 9.17) is 24.5 Å². The van der Waals surface area contributed by atoms with E-state index in [-0.39, 0.29) is 17.3 Å². The zero-order chi connectivity index (χ0) is 19.3. The molecule has 0 bridgehead atoms. The zero-order valence-electron chi connectivity index (χ0n) is 14.6. The first-order valence-corrected chi connectivity index (χ1v) is 8.91. The van der Waals surface area contributed by atoms with E-state index < -0.39 is 5.54 Å². The molecule has 0 radical (unpaired) electrons. The van der Waals surface area contributed by atoms with Crippen molar-refractivity contribution in [1.82, 2.24) is 4.98 Å². The molecule has 1 spiro atoms. The van der Waals surface area contributed by atoms with Gasteiger partial charge in [-0.3, -0.25) is 9.69 Å². The number of thiocarbonyl (C=S) groups is 1. The van der Waals surface area contributed by atoms with Crippen LogP contribution in [0.15, 0.2) is 30.5 Å². The summed E-state index contributed by atoms with van der Waals surface area (Å²) in [6.45, 7) is 8.92. The van der Waals surface area contributed by atoms with Crippen molar-refractivity contribution in [2.45, 2.75) is 31.7 Å². The maximum atomic E-state index is 13.3. The molecular formula is C19H17N5O2S. The maximum Gasteiger partial charge on any atom is 0.272 e. The van der Waals surface area contributed by atoms with E-state index in [0.717, 1.165) is 6.42 Å². The number of hydrogen-bond donors (Lipinski definition) is 2. The molecule has 2 heterocycles. The number of carbonyl (C=O) groups excluding carboxylic acids is 1. The number of phenols is 1. The van der Waals surface area contributed by atoms with Crippen LogP contribution in [0.2, 0.25) is 0 Å². The van der Waals surface area contributed by atoms with Crippen LogP contribution >= 0.6 is 12.2 Å². The molecule has 8 heteroatoms. The Bertz CT molecular complexity index is 1030. The van der Waals surface area contributed by atoms with Gasteiger partial charge in [-0.1, -0.05) is 6.57 Å². The minimum absolute atomic E-state index is 0.0467. The summed E-state index contributed by atoms with van der Waals surface area (Å²) in [4.78, 5) is 24.1. The molecule has 27 heavy (non-hydrogen) atoms. The number of nitrogens with zero attached hydrogens (tertiary/aromatic N) is 4. The third-order valence-electron chi connectivity index (χ3n) is 5.27. The highest BCUT2D eigenvalue weighted by molar-refractivity contribution is 7.81. The van der Waals surface area contributed by atoms with Gasteiger partial charge >= 0.3 is 0 Å². The van der Waals surface area contributed by atoms with Crippen molar-refractivity contribution in [2.24, 2.45) is 0 Å². The molecule has 1 aromatic heterocycles. The van der Waals surface area contributed by atoms with Crippen LogP contribution < -0.4 is 15.5 Å². The second kappa shape index (κ2) is 5.93. The Kier molecular flexibility index (Phi) is 3.78. The molecule has 1 aliphatic heterocycles. The highest BCUT2D eigenvalue weighted by atomic mass is 32.1. The fourth-order valence-electron chi connectivity index (χ4n) is 3.67. The van der Waals surface area contributed by atoms with Crippen LogP contribution in [0.25, 0.3) is 4.85 Å². The van der Waals surface area contributed by atoms with Crippen LogP contribution in [0, 0.1) is 13.5 Å². The SMILES string of the molecule is [C-]#[N+]c1ncc(N2C(=O)C3(CCC3)N(c3ccc(N)c(O)c3)C2=S)cc1C. The standard InChI is InChI=1S/C19H17N5O2S/c1-11-8-13(10-22-16(11)21-2)23-17(26)19(6-3-7-19)24(18(23)27)12-4-5-14(20)15(25)9-12/h4-5,8-10,25H,3,6-7,20H2,1H3. The summed E-state index contributed by atoms with van der Waals surface area (Å²) in [7, 11) is 0. The van der Waals surface area contributed by atoms with Gasteiger partial charge in [-0.15, -0.1) is 4.98 Å². The number of benzene rings is 1. The Balaban J connectivity index is 1.81. The van der Waals surface area contributed by atoms with Crippen LogP contribution in [-0.2, 0) is 4.79 Å². The Morgan fingerprint density at radius 3 is 2.63 bits per heavy atom. The lowest BCUT2D eigenvalue weighted by molar-refractivity contribution is -0.123. The first-order valence-electron chi connectivity index (χ1n) is 8.50. The Morgan fingerprint density at radius 1 is 1.33 bits per heavy atom. The fourth-order valence-corrected chi connectivity index (χ4v) is 4.14. The number of nitrogen functional groups attached to an aromatic ring is 1. The van der Waals surface area contributed by atoms with Crippen LogP contribution in [-0.4, -0.2) is 26.6 Å². The van der Waals surface area contributed by atoms with Gasteiger partial charge in [-0.25, -0.2) is 0 Å². The Labute approximate surface area is 161 Å². The van der Waals surface area contributed by atoms with E-state index >= 15 is 0 Å². The van der Waals surface area contributed by atoms with Gasteiger partial charge in [0.2, 0.25) is 0 Å². The number of aryl methyl sites for hydroxylation is 1. The van der Waals surface area contributed by atoms with Crippen molar-refractivity contribution in [3.05, 3.63) is 47.4 Å². The normalized spacial score (nSPS) is 17.9. The molecule has 2 fully saturated rings. The Hall–Kier alpha value is -3.18. The van der Waals surface area contributed by atoms with Crippen molar-refractivity contribution in [2.75, 3.05) is 15.5 Å². The van der Waals surface area contributed by atoms with Crippen molar-refractivity contribution in [3.63, 3.8) is 0 Å². The summed E-state index contributed by atoms with van der Waals surface area (Å²) in [5, 5.41) is 10.4. The van der Waals surface area contributed by atoms with Gasteiger partial charge in [-0.2, -0.15) is 0 Å². The van der Waals surface area contributed by atoms with Crippen molar-refractivity contribution >= 4 is 46.1 Å². The van der Waals surface area contributed by atoms with Crippen molar-refractivity contribution in [1.29, 1.82) is 0 Å². The van der Waals surface area contributed by atoms with Gasteiger partial charge < -0.3 is 20.6 Å². The average Bonchev–Trinajstić information content (AvgIpc) is 2.84. The molecular weight excluding hydrogens is 362 g/mol. The predicted molar refractivity (Wildman–Crippen MR) is 107 cm³/mol. The molecule has 2 aliphatic rings. The van der Waals surface area contributed by atoms with Crippen molar-refractivity contribution < 1.29 is 9.90 Å². The molecule has 0 atom stereocenters. The van der Waals surface area contributed by atoms with Gasteiger partial charge in [-0.05, 0) is 62.2 Å². The average molecular weight is 379 g/mol. The minimum atomic E-state index is -0.744. The number of amides is 1. The summed E-state index contributed by atoms with van der Waals surface area (Å²) in [6.07, 6.45) is 3.79. The monoisotopic (exact) mass is 379 g/mol. The summed E-state index contributed by atoms with van der Waals surface area (Å²) in [5.41, 5.74) is 7.10. The number of phenolic OH excluding ortho intramolecular Hbond substituents is 1. The van der Waals surface area contributed by atoms with E-state index in [1.165, 1.54) is 17.2 Å². The van der Waals surface area contributed by atoms with Crippen LogP contribution in [0.4, 0.5) is 22.9 Å². The topological polar surface area (TPSA) is 87.1 Å². The lowest BCUT2D eigenvalue weighted by Gasteiger charge is -2.43. The highest BCUT2D eigenvalue weighted by Gasteiger charge is 2.59. The van der Waals surface area contributed by atoms with Crippen LogP contribution in [0.3, 0.4) is 0 Å². The molecule has 1 aliphatic carbocycles. The molecule has 1 saturated carbocycles. The second-order valence-electron chi connectivity index (χ2n) is 6.83. The molecule has 1 amide bonds. The first kappa shape index (κ1) is 17.2. The Morgan fingerprint density at radius 2 is 2.07 bits per heavy atom. The van der Waals surface area contributed by atoms with E-state index in [1.54, 1.807) is 25.1 Å². The fraction of sp³-hybridized carbons (Fsp3) is 0.263. The molecule has 1 aromatic carbocycles. The lowest BCUT2D eigenvalue weighted by atomic mass is 9.75. The second-order valence-corrected chi connectivity index (χ2v) is 7.20. The van der Waals surface area contributed by atoms with E-state index in [0.29, 0.717) is 40.7 Å². The zero-order valence-corrected chi connectivity index (χ0v) is 15.5. The largest absolute Gasteiger partial charge is 0.506 e. The van der Waals surface area contributed by atoms with Gasteiger partial charge in [0, 0.05) is 11.8 Å². The highest BCUT2D eigenvalue weighted by Crippen LogP contribution is 2.48. The summed E-state index contributed by atoms with van der Waals surface area (Å²) < 4.78 is 0. The molecule has 0 unspecified atom stereocenters. The van der Waals surface area contributed by atoms with Crippen LogP contribution in [0.5, 0.6) is 5.75 Å². The number of nitrogens with two attached hydrogens (primary N) is 1. The van der Waals surface area contributed by atoms with Gasteiger partial charge in [0.1, 0.15) is 17.5 Å². The van der Waals surface area contributed by atoms with E-state index in [1.807, 2.05) is 4.90 Å². The third-order valence-corrected chi connectivity index (χ3v) is 5.63. The number of aromatic hydroxyl groups is 1. The lowest BCUT2D eigenvalue weighted by Crippen LogP contribution is -2.55. The van der Waals surface area contributed by atoms with E-state index in [9.17, 15) is 9.90 Å². The minimum Gasteiger partial charge on any atom is -0.506 e. The molecule has 7 nitrogen and oxygen atoms in total. The quantitative estimate of drug-likeness (QED) is 0.360. The number of aromatic nitrogens is 1. The number of carbonyl (C=O) groups is 1. The number of rotatable bonds is 2. The summed E-state index contributed by atoms with van der Waals surface area (Å²) in [6, 6.07) is 6.64. The van der Waals surface area contributed by atoms with Crippen LogP contribution in [0.1, 0.15) is 24.8 Å². The summed E-state index contributed by atoms with van der Waals surface area (Å²) in [5.74, 6) is 0.149. The van der Waals surface area contributed by atoms with Gasteiger partial charge in [0.15, 0.2) is 5.11 Å². The summed E-state index contributed by atoms with van der Waals surface area (Å²) >= 11 is 5.66. The van der Waals surface area contributed by atoms with Gasteiger partial charge in [0.05, 0.1) is 11.4 Å². The van der Waals surface area contributed by atoms with Crippen molar-refractivity contribution in [3.8, 4) is 5.75 Å². The van der Waals surface area contributed by atoms with E-state index in [2.05, 4.69) is 9.83 Å². The number of hydrogen-bond acceptors (Lipinski definition) is 5. The maximum absolute atomic E-state index is 13.3.